The molecule has 2 aliphatic rings. The summed E-state index contributed by atoms with van der Waals surface area (Å²) in [5.41, 5.74) is 1.02. The molecule has 1 saturated carbocycles. The maximum atomic E-state index is 13.1. The summed E-state index contributed by atoms with van der Waals surface area (Å²) in [6.07, 6.45) is 4.21. The first-order valence-electron chi connectivity index (χ1n) is 7.85. The first-order valence-corrected chi connectivity index (χ1v) is 8.65. The Kier molecular flexibility index (Phi) is 4.36. The van der Waals surface area contributed by atoms with Crippen molar-refractivity contribution in [2.75, 3.05) is 13.1 Å². The van der Waals surface area contributed by atoms with Crippen LogP contribution >= 0.6 is 15.9 Å². The van der Waals surface area contributed by atoms with Crippen molar-refractivity contribution in [3.05, 3.63) is 34.3 Å². The summed E-state index contributed by atoms with van der Waals surface area (Å²) in [5.74, 6) is 0.349. The monoisotopic (exact) mass is 350 g/mol. The Bertz CT molecular complexity index is 521. The molecule has 114 valence electrons. The molecular weight excluding hydrogens is 328 g/mol. The van der Waals surface area contributed by atoms with Crippen molar-refractivity contribution >= 4 is 21.8 Å². The Morgan fingerprint density at radius 2 is 2.00 bits per heavy atom. The summed E-state index contributed by atoms with van der Waals surface area (Å²) >= 11 is 3.60. The fourth-order valence-electron chi connectivity index (χ4n) is 3.10. The maximum absolute atomic E-state index is 13.1. The Hall–Kier alpha value is -0.870. The molecule has 0 atom stereocenters. The predicted octanol–water partition coefficient (Wildman–Crippen LogP) is 3.33. The van der Waals surface area contributed by atoms with Crippen LogP contribution < -0.4 is 5.32 Å². The van der Waals surface area contributed by atoms with Gasteiger partial charge in [-0.1, -0.05) is 41.1 Å². The van der Waals surface area contributed by atoms with E-state index in [9.17, 15) is 4.79 Å². The SMILES string of the molecule is CC1(C(=O)N(Cc2ccccc2Br)C2CC2)CCNCC1. The lowest BCUT2D eigenvalue weighted by molar-refractivity contribution is -0.144. The van der Waals surface area contributed by atoms with Gasteiger partial charge < -0.3 is 10.2 Å². The van der Waals surface area contributed by atoms with Crippen LogP contribution in [-0.4, -0.2) is 29.9 Å². The Balaban J connectivity index is 1.78. The minimum atomic E-state index is -0.185. The van der Waals surface area contributed by atoms with Crippen molar-refractivity contribution in [2.24, 2.45) is 5.41 Å². The van der Waals surface area contributed by atoms with Crippen LogP contribution in [0.2, 0.25) is 0 Å². The third-order valence-electron chi connectivity index (χ3n) is 4.77. The highest BCUT2D eigenvalue weighted by molar-refractivity contribution is 9.10. The Morgan fingerprint density at radius 1 is 1.33 bits per heavy atom. The fourth-order valence-corrected chi connectivity index (χ4v) is 3.51. The van der Waals surface area contributed by atoms with Crippen LogP contribution in [0, 0.1) is 5.41 Å². The molecule has 21 heavy (non-hydrogen) atoms. The van der Waals surface area contributed by atoms with E-state index in [0.29, 0.717) is 11.9 Å². The van der Waals surface area contributed by atoms with E-state index in [1.54, 1.807) is 0 Å². The standard InChI is InChI=1S/C17H23BrN2O/c1-17(8-10-19-11-9-17)16(21)20(14-6-7-14)12-13-4-2-3-5-15(13)18/h2-5,14,19H,6-12H2,1H3. The average molecular weight is 351 g/mol. The molecular formula is C17H23BrN2O. The van der Waals surface area contributed by atoms with Gasteiger partial charge in [-0.3, -0.25) is 4.79 Å². The van der Waals surface area contributed by atoms with E-state index >= 15 is 0 Å². The summed E-state index contributed by atoms with van der Waals surface area (Å²) in [4.78, 5) is 15.2. The molecule has 1 aliphatic heterocycles. The number of amides is 1. The van der Waals surface area contributed by atoms with E-state index in [0.717, 1.165) is 49.8 Å². The highest BCUT2D eigenvalue weighted by Gasteiger charge is 2.42. The number of benzene rings is 1. The Morgan fingerprint density at radius 3 is 2.62 bits per heavy atom. The van der Waals surface area contributed by atoms with Gasteiger partial charge in [0.05, 0.1) is 0 Å². The van der Waals surface area contributed by atoms with Crippen LogP contribution in [0.5, 0.6) is 0 Å². The number of halogens is 1. The van der Waals surface area contributed by atoms with Gasteiger partial charge in [0.2, 0.25) is 5.91 Å². The molecule has 1 heterocycles. The average Bonchev–Trinajstić information content (AvgIpc) is 3.31. The van der Waals surface area contributed by atoms with Gasteiger partial charge in [-0.15, -0.1) is 0 Å². The van der Waals surface area contributed by atoms with Crippen molar-refractivity contribution in [1.29, 1.82) is 0 Å². The van der Waals surface area contributed by atoms with Crippen molar-refractivity contribution in [2.45, 2.75) is 45.2 Å². The minimum Gasteiger partial charge on any atom is -0.335 e. The van der Waals surface area contributed by atoms with Crippen molar-refractivity contribution < 1.29 is 4.79 Å². The predicted molar refractivity (Wildman–Crippen MR) is 87.9 cm³/mol. The number of nitrogens with one attached hydrogen (secondary N) is 1. The van der Waals surface area contributed by atoms with E-state index < -0.39 is 0 Å². The quantitative estimate of drug-likeness (QED) is 0.903. The van der Waals surface area contributed by atoms with Crippen LogP contribution in [0.3, 0.4) is 0 Å². The molecule has 0 aromatic heterocycles. The number of piperidine rings is 1. The van der Waals surface area contributed by atoms with Gasteiger partial charge >= 0.3 is 0 Å². The zero-order valence-corrected chi connectivity index (χ0v) is 14.2. The summed E-state index contributed by atoms with van der Waals surface area (Å²) in [5, 5.41) is 3.36. The second-order valence-electron chi connectivity index (χ2n) is 6.57. The molecule has 2 fully saturated rings. The summed E-state index contributed by atoms with van der Waals surface area (Å²) in [6, 6.07) is 8.68. The van der Waals surface area contributed by atoms with Crippen LogP contribution in [0.1, 0.15) is 38.2 Å². The van der Waals surface area contributed by atoms with Gasteiger partial charge in [0.25, 0.3) is 0 Å². The van der Waals surface area contributed by atoms with Crippen molar-refractivity contribution in [3.63, 3.8) is 0 Å². The first kappa shape index (κ1) is 15.0. The number of carbonyl (C=O) groups excluding carboxylic acids is 1. The van der Waals surface area contributed by atoms with E-state index in [1.165, 1.54) is 5.56 Å². The normalized spacial score (nSPS) is 21.0. The number of nitrogens with zero attached hydrogens (tertiary/aromatic N) is 1. The topological polar surface area (TPSA) is 32.3 Å². The van der Waals surface area contributed by atoms with Gasteiger partial charge in [0.15, 0.2) is 0 Å². The molecule has 3 rings (SSSR count). The maximum Gasteiger partial charge on any atom is 0.229 e. The van der Waals surface area contributed by atoms with E-state index in [2.05, 4.69) is 45.2 Å². The molecule has 1 aromatic carbocycles. The van der Waals surface area contributed by atoms with Gasteiger partial charge in [-0.2, -0.15) is 0 Å². The number of hydrogen-bond acceptors (Lipinski definition) is 2. The van der Waals surface area contributed by atoms with Gasteiger partial charge in [-0.25, -0.2) is 0 Å². The molecule has 1 aromatic rings. The van der Waals surface area contributed by atoms with Crippen molar-refractivity contribution in [1.82, 2.24) is 10.2 Å². The van der Waals surface area contributed by atoms with Gasteiger partial charge in [0, 0.05) is 22.5 Å². The molecule has 0 bridgehead atoms. The number of hydrogen-bond donors (Lipinski definition) is 1. The zero-order chi connectivity index (χ0) is 14.9. The molecule has 3 nitrogen and oxygen atoms in total. The second kappa shape index (κ2) is 6.09. The smallest absolute Gasteiger partial charge is 0.229 e. The van der Waals surface area contributed by atoms with Crippen molar-refractivity contribution in [3.8, 4) is 0 Å². The molecule has 1 amide bonds. The van der Waals surface area contributed by atoms with E-state index in [1.807, 2.05) is 12.1 Å². The second-order valence-corrected chi connectivity index (χ2v) is 7.42. The largest absolute Gasteiger partial charge is 0.335 e. The summed E-state index contributed by atoms with van der Waals surface area (Å²) in [6.45, 7) is 4.78. The molecule has 1 N–H and O–H groups in total. The molecule has 1 aliphatic carbocycles. The van der Waals surface area contributed by atoms with E-state index in [4.69, 9.17) is 0 Å². The Labute approximate surface area is 135 Å². The van der Waals surface area contributed by atoms with Gasteiger partial charge in [-0.05, 0) is 50.4 Å². The number of rotatable bonds is 4. The first-order chi connectivity index (χ1) is 10.1. The number of carbonyl (C=O) groups is 1. The van der Waals surface area contributed by atoms with Crippen LogP contribution in [0.4, 0.5) is 0 Å². The van der Waals surface area contributed by atoms with E-state index in [-0.39, 0.29) is 5.41 Å². The molecule has 0 spiro atoms. The van der Waals surface area contributed by atoms with Gasteiger partial charge in [0.1, 0.15) is 0 Å². The summed E-state index contributed by atoms with van der Waals surface area (Å²) in [7, 11) is 0. The minimum absolute atomic E-state index is 0.185. The molecule has 1 saturated heterocycles. The molecule has 0 radical (unpaired) electrons. The highest BCUT2D eigenvalue weighted by atomic mass is 79.9. The summed E-state index contributed by atoms with van der Waals surface area (Å²) < 4.78 is 1.10. The zero-order valence-electron chi connectivity index (χ0n) is 12.6. The fraction of sp³-hybridized carbons (Fsp3) is 0.588. The molecule has 4 heteroatoms. The third-order valence-corrected chi connectivity index (χ3v) is 5.54. The van der Waals surface area contributed by atoms with Crippen LogP contribution in [0.25, 0.3) is 0 Å². The lowest BCUT2D eigenvalue weighted by Gasteiger charge is -2.37. The lowest BCUT2D eigenvalue weighted by atomic mass is 9.79. The van der Waals surface area contributed by atoms with Crippen LogP contribution in [-0.2, 0) is 11.3 Å². The highest BCUT2D eigenvalue weighted by Crippen LogP contribution is 2.37. The van der Waals surface area contributed by atoms with Crippen LogP contribution in [0.15, 0.2) is 28.7 Å². The lowest BCUT2D eigenvalue weighted by Crippen LogP contribution is -2.48. The molecule has 0 unspecified atom stereocenters. The third kappa shape index (κ3) is 3.32.